The van der Waals surface area contributed by atoms with E-state index in [0.29, 0.717) is 0 Å². The second-order valence-electron chi connectivity index (χ2n) is 3.89. The van der Waals surface area contributed by atoms with Crippen molar-refractivity contribution in [2.45, 2.75) is 26.2 Å². The summed E-state index contributed by atoms with van der Waals surface area (Å²) in [6.07, 6.45) is 3.98. The lowest BCUT2D eigenvalue weighted by Crippen LogP contribution is -2.28. The number of hydrogen-bond acceptors (Lipinski definition) is 1. The Balaban J connectivity index is 2.39. The Bertz CT molecular complexity index is 180. The van der Waals surface area contributed by atoms with Gasteiger partial charge in [0.05, 0.1) is 0 Å². The minimum Gasteiger partial charge on any atom is -0.298 e. The summed E-state index contributed by atoms with van der Waals surface area (Å²) in [5, 5.41) is 0.746. The van der Waals surface area contributed by atoms with E-state index in [2.05, 4.69) is 11.8 Å². The predicted octanol–water partition coefficient (Wildman–Crippen LogP) is 3.43. The van der Waals surface area contributed by atoms with Crippen LogP contribution in [0.25, 0.3) is 0 Å². The molecule has 1 saturated heterocycles. The van der Waals surface area contributed by atoms with E-state index in [1.807, 2.05) is 0 Å². The maximum atomic E-state index is 5.89. The van der Waals surface area contributed by atoms with Gasteiger partial charge < -0.3 is 0 Å². The molecule has 1 atom stereocenters. The van der Waals surface area contributed by atoms with Crippen molar-refractivity contribution in [3.63, 3.8) is 0 Å². The molecule has 0 radical (unpaired) electrons. The molecule has 0 aromatic carbocycles. The minimum absolute atomic E-state index is 0.746. The van der Waals surface area contributed by atoms with Gasteiger partial charge in [0.1, 0.15) is 0 Å². The van der Waals surface area contributed by atoms with Gasteiger partial charge in [-0.2, -0.15) is 0 Å². The maximum Gasteiger partial charge on any atom is 0.0434 e. The summed E-state index contributed by atoms with van der Waals surface area (Å²) < 4.78 is 0. The van der Waals surface area contributed by atoms with Crippen molar-refractivity contribution in [3.8, 4) is 0 Å². The summed E-state index contributed by atoms with van der Waals surface area (Å²) in [6.45, 7) is 5.43. The second-order valence-corrected chi connectivity index (χ2v) is 4.60. The van der Waals surface area contributed by atoms with Crippen LogP contribution < -0.4 is 0 Å². The molecule has 0 amide bonds. The molecule has 1 nitrogen and oxygen atoms in total. The molecule has 1 rings (SSSR count). The molecule has 0 spiro atoms. The lowest BCUT2D eigenvalue weighted by molar-refractivity contribution is 0.280. The van der Waals surface area contributed by atoms with Gasteiger partial charge in [-0.05, 0) is 25.3 Å². The van der Waals surface area contributed by atoms with E-state index in [4.69, 9.17) is 23.2 Å². The van der Waals surface area contributed by atoms with Crippen LogP contribution in [0.2, 0.25) is 0 Å². The average Bonchev–Trinajstić information content (AvgIpc) is 2.30. The van der Waals surface area contributed by atoms with Crippen LogP contribution in [0.4, 0.5) is 0 Å². The third-order valence-corrected chi connectivity index (χ3v) is 3.09. The summed E-state index contributed by atoms with van der Waals surface area (Å²) in [7, 11) is 0. The van der Waals surface area contributed by atoms with Crippen LogP contribution in [0.3, 0.4) is 0 Å². The Kier molecular flexibility index (Phi) is 5.15. The lowest BCUT2D eigenvalue weighted by Gasteiger charge is -2.21. The van der Waals surface area contributed by atoms with Gasteiger partial charge in [0.15, 0.2) is 0 Å². The smallest absolute Gasteiger partial charge is 0.0434 e. The Hall–Kier alpha value is 0.280. The second kappa shape index (κ2) is 5.90. The fraction of sp³-hybridized carbons (Fsp3) is 0.800. The summed E-state index contributed by atoms with van der Waals surface area (Å²) >= 11 is 11.4. The lowest BCUT2D eigenvalue weighted by atomic mass is 10.1. The van der Waals surface area contributed by atoms with Crippen LogP contribution in [-0.2, 0) is 0 Å². The van der Waals surface area contributed by atoms with Crippen molar-refractivity contribution in [2.75, 3.05) is 19.6 Å². The van der Waals surface area contributed by atoms with Gasteiger partial charge >= 0.3 is 0 Å². The molecule has 0 saturated carbocycles. The SMILES string of the molecule is CC1CCCCN(C/C(Cl)=C/Cl)C1. The van der Waals surface area contributed by atoms with Crippen molar-refractivity contribution in [1.29, 1.82) is 0 Å². The molecule has 1 aliphatic rings. The Labute approximate surface area is 90.7 Å². The molecule has 0 bridgehead atoms. The molecule has 0 aromatic rings. The van der Waals surface area contributed by atoms with Crippen LogP contribution in [-0.4, -0.2) is 24.5 Å². The highest BCUT2D eigenvalue weighted by atomic mass is 35.5. The summed E-state index contributed by atoms with van der Waals surface area (Å²) in [4.78, 5) is 2.39. The first kappa shape index (κ1) is 11.4. The molecule has 76 valence electrons. The third kappa shape index (κ3) is 4.35. The van der Waals surface area contributed by atoms with Crippen LogP contribution in [0.15, 0.2) is 10.6 Å². The van der Waals surface area contributed by atoms with E-state index in [-0.39, 0.29) is 0 Å². The first-order valence-corrected chi connectivity index (χ1v) is 5.71. The summed E-state index contributed by atoms with van der Waals surface area (Å²) in [5.41, 5.74) is 1.47. The first-order chi connectivity index (χ1) is 6.22. The molecular formula is C10H17Cl2N. The highest BCUT2D eigenvalue weighted by Gasteiger charge is 2.14. The molecule has 0 aliphatic carbocycles. The molecule has 1 heterocycles. The van der Waals surface area contributed by atoms with E-state index in [1.165, 1.54) is 24.8 Å². The largest absolute Gasteiger partial charge is 0.298 e. The van der Waals surface area contributed by atoms with Gasteiger partial charge in [0.25, 0.3) is 0 Å². The number of halogens is 2. The normalized spacial score (nSPS) is 27.3. The Morgan fingerprint density at radius 2 is 2.31 bits per heavy atom. The number of likely N-dealkylation sites (tertiary alicyclic amines) is 1. The summed E-state index contributed by atoms with van der Waals surface area (Å²) in [6, 6.07) is 0. The Morgan fingerprint density at radius 1 is 1.54 bits per heavy atom. The number of hydrogen-bond donors (Lipinski definition) is 0. The molecule has 1 aliphatic heterocycles. The van der Waals surface area contributed by atoms with Gasteiger partial charge in [0.2, 0.25) is 0 Å². The van der Waals surface area contributed by atoms with E-state index in [9.17, 15) is 0 Å². The standard InChI is InChI=1S/C10H17Cl2N/c1-9-4-2-3-5-13(7-9)8-10(12)6-11/h6,9H,2-5,7-8H2,1H3/b10-6-. The minimum atomic E-state index is 0.746. The highest BCUT2D eigenvalue weighted by Crippen LogP contribution is 2.17. The molecule has 0 N–H and O–H groups in total. The average molecular weight is 222 g/mol. The van der Waals surface area contributed by atoms with Crippen LogP contribution in [0.1, 0.15) is 26.2 Å². The first-order valence-electron chi connectivity index (χ1n) is 4.89. The van der Waals surface area contributed by atoms with Crippen molar-refractivity contribution in [1.82, 2.24) is 4.90 Å². The van der Waals surface area contributed by atoms with E-state index >= 15 is 0 Å². The zero-order valence-electron chi connectivity index (χ0n) is 8.10. The zero-order chi connectivity index (χ0) is 9.68. The third-order valence-electron chi connectivity index (χ3n) is 2.48. The molecule has 0 aromatic heterocycles. The van der Waals surface area contributed by atoms with Crippen LogP contribution in [0.5, 0.6) is 0 Å². The fourth-order valence-electron chi connectivity index (χ4n) is 1.84. The monoisotopic (exact) mass is 221 g/mol. The van der Waals surface area contributed by atoms with Gasteiger partial charge in [-0.25, -0.2) is 0 Å². The van der Waals surface area contributed by atoms with Crippen molar-refractivity contribution >= 4 is 23.2 Å². The van der Waals surface area contributed by atoms with E-state index < -0.39 is 0 Å². The maximum absolute atomic E-state index is 5.89. The van der Waals surface area contributed by atoms with Gasteiger partial charge in [0, 0.05) is 23.7 Å². The zero-order valence-corrected chi connectivity index (χ0v) is 9.61. The molecule has 3 heteroatoms. The van der Waals surface area contributed by atoms with Crippen molar-refractivity contribution in [2.24, 2.45) is 5.92 Å². The van der Waals surface area contributed by atoms with E-state index in [0.717, 1.165) is 30.6 Å². The summed E-state index contributed by atoms with van der Waals surface area (Å²) in [5.74, 6) is 0.794. The number of rotatable bonds is 2. The van der Waals surface area contributed by atoms with Gasteiger partial charge in [-0.1, -0.05) is 36.5 Å². The van der Waals surface area contributed by atoms with E-state index in [1.54, 1.807) is 0 Å². The highest BCUT2D eigenvalue weighted by molar-refractivity contribution is 6.36. The molecule has 1 unspecified atom stereocenters. The van der Waals surface area contributed by atoms with Gasteiger partial charge in [-0.15, -0.1) is 0 Å². The Morgan fingerprint density at radius 3 is 3.00 bits per heavy atom. The molecular weight excluding hydrogens is 205 g/mol. The van der Waals surface area contributed by atoms with Crippen molar-refractivity contribution in [3.05, 3.63) is 10.6 Å². The predicted molar refractivity (Wildman–Crippen MR) is 59.2 cm³/mol. The fourth-order valence-corrected chi connectivity index (χ4v) is 2.08. The molecule has 1 fully saturated rings. The van der Waals surface area contributed by atoms with Crippen LogP contribution in [0, 0.1) is 5.92 Å². The van der Waals surface area contributed by atoms with Gasteiger partial charge in [-0.3, -0.25) is 4.90 Å². The van der Waals surface area contributed by atoms with Crippen LogP contribution >= 0.6 is 23.2 Å². The topological polar surface area (TPSA) is 3.24 Å². The number of nitrogens with zero attached hydrogens (tertiary/aromatic N) is 1. The molecule has 13 heavy (non-hydrogen) atoms. The van der Waals surface area contributed by atoms with Crippen molar-refractivity contribution < 1.29 is 0 Å². The quantitative estimate of drug-likeness (QED) is 0.691.